The summed E-state index contributed by atoms with van der Waals surface area (Å²) < 4.78 is 22.9. The number of carbonyl (C=O) groups is 2. The van der Waals surface area contributed by atoms with Gasteiger partial charge in [0.15, 0.2) is 9.84 Å². The number of nitrogens with zero attached hydrogens (tertiary/aromatic N) is 1. The van der Waals surface area contributed by atoms with E-state index in [2.05, 4.69) is 0 Å². The van der Waals surface area contributed by atoms with Crippen LogP contribution < -0.4 is 0 Å². The van der Waals surface area contributed by atoms with E-state index in [0.717, 1.165) is 5.56 Å². The molecular weight excluding hydrogens is 338 g/mol. The number of allylic oxidation sites excluding steroid dienone is 1. The van der Waals surface area contributed by atoms with Crippen LogP contribution in [0.25, 0.3) is 0 Å². The molecule has 1 saturated heterocycles. The molecule has 1 atom stereocenters. The zero-order valence-electron chi connectivity index (χ0n) is 14.3. The second-order valence-corrected chi connectivity index (χ2v) is 8.94. The van der Waals surface area contributed by atoms with Gasteiger partial charge in [-0.05, 0) is 25.3 Å². The van der Waals surface area contributed by atoms with E-state index in [9.17, 15) is 18.0 Å². The number of ketones is 1. The zero-order chi connectivity index (χ0) is 18.1. The molecule has 0 saturated carbocycles. The van der Waals surface area contributed by atoms with Crippen molar-refractivity contribution in [1.82, 2.24) is 4.90 Å². The normalized spacial score (nSPS) is 24.2. The Hall–Kier alpha value is -1.95. The predicted molar refractivity (Wildman–Crippen MR) is 95.6 cm³/mol. The van der Waals surface area contributed by atoms with Crippen molar-refractivity contribution < 1.29 is 18.0 Å². The van der Waals surface area contributed by atoms with E-state index in [-0.39, 0.29) is 29.8 Å². The Morgan fingerprint density at radius 1 is 1.16 bits per heavy atom. The number of hydrogen-bond donors (Lipinski definition) is 0. The summed E-state index contributed by atoms with van der Waals surface area (Å²) in [6, 6.07) is 9.76. The highest BCUT2D eigenvalue weighted by Gasteiger charge is 2.41. The molecule has 0 bridgehead atoms. The zero-order valence-corrected chi connectivity index (χ0v) is 15.2. The van der Waals surface area contributed by atoms with E-state index in [1.54, 1.807) is 17.9 Å². The lowest BCUT2D eigenvalue weighted by Crippen LogP contribution is -2.48. The van der Waals surface area contributed by atoms with Gasteiger partial charge in [-0.1, -0.05) is 36.4 Å². The summed E-state index contributed by atoms with van der Waals surface area (Å²) in [5.74, 6) is -0.104. The minimum Gasteiger partial charge on any atom is -0.343 e. The van der Waals surface area contributed by atoms with Crippen LogP contribution >= 0.6 is 0 Å². The van der Waals surface area contributed by atoms with Crippen molar-refractivity contribution in [3.8, 4) is 0 Å². The van der Waals surface area contributed by atoms with Gasteiger partial charge in [0.25, 0.3) is 0 Å². The first-order chi connectivity index (χ1) is 11.8. The SMILES string of the molecule is CC(=O)C1(c2ccccc2)CCN(C(=O)C[C@@H]2C=CS(=O)(=O)C2)CC1. The maximum Gasteiger partial charge on any atom is 0.223 e. The standard InChI is InChI=1S/C19H23NO4S/c1-15(21)19(17-5-3-2-4-6-17)8-10-20(11-9-19)18(22)13-16-7-12-25(23,24)14-16/h2-7,12,16H,8-11,13-14H2,1H3/t16-/m0/s1. The minimum atomic E-state index is -3.13. The molecule has 1 aromatic rings. The van der Waals surface area contributed by atoms with Gasteiger partial charge in [-0.25, -0.2) is 8.42 Å². The number of amides is 1. The molecule has 1 fully saturated rings. The van der Waals surface area contributed by atoms with Crippen LogP contribution in [0, 0.1) is 5.92 Å². The quantitative estimate of drug-likeness (QED) is 0.823. The summed E-state index contributed by atoms with van der Waals surface area (Å²) in [6.45, 7) is 2.67. The number of hydrogen-bond acceptors (Lipinski definition) is 4. The summed E-state index contributed by atoms with van der Waals surface area (Å²) in [7, 11) is -3.13. The third kappa shape index (κ3) is 3.68. The van der Waals surface area contributed by atoms with Crippen LogP contribution in [0.15, 0.2) is 41.8 Å². The molecule has 0 N–H and O–H groups in total. The number of rotatable bonds is 4. The Kier molecular flexibility index (Phi) is 4.82. The molecule has 2 aliphatic heterocycles. The molecule has 2 heterocycles. The molecule has 1 amide bonds. The first-order valence-corrected chi connectivity index (χ1v) is 10.3. The monoisotopic (exact) mass is 361 g/mol. The van der Waals surface area contributed by atoms with Crippen molar-refractivity contribution in [2.24, 2.45) is 5.92 Å². The molecule has 134 valence electrons. The van der Waals surface area contributed by atoms with Crippen LogP contribution in [0.5, 0.6) is 0 Å². The van der Waals surface area contributed by atoms with Crippen molar-refractivity contribution in [2.75, 3.05) is 18.8 Å². The van der Waals surface area contributed by atoms with Crippen LogP contribution in [-0.2, 0) is 24.8 Å². The lowest BCUT2D eigenvalue weighted by molar-refractivity contribution is -0.136. The number of Topliss-reactive ketones (excluding diaryl/α,β-unsaturated/α-hetero) is 1. The first kappa shape index (κ1) is 17.9. The van der Waals surface area contributed by atoms with E-state index < -0.39 is 15.3 Å². The predicted octanol–water partition coefficient (Wildman–Crippen LogP) is 2.08. The first-order valence-electron chi connectivity index (χ1n) is 8.58. The summed E-state index contributed by atoms with van der Waals surface area (Å²) in [5.41, 5.74) is 0.494. The fourth-order valence-electron chi connectivity index (χ4n) is 3.86. The van der Waals surface area contributed by atoms with Crippen LogP contribution in [0.1, 0.15) is 31.7 Å². The van der Waals surface area contributed by atoms with E-state index in [0.29, 0.717) is 25.9 Å². The Balaban J connectivity index is 1.65. The molecule has 0 spiro atoms. The average molecular weight is 361 g/mol. The van der Waals surface area contributed by atoms with Gasteiger partial charge < -0.3 is 4.90 Å². The van der Waals surface area contributed by atoms with Gasteiger partial charge in [0.2, 0.25) is 5.91 Å². The summed E-state index contributed by atoms with van der Waals surface area (Å²) in [4.78, 5) is 26.6. The van der Waals surface area contributed by atoms with Crippen molar-refractivity contribution in [1.29, 1.82) is 0 Å². The maximum atomic E-state index is 12.5. The number of sulfone groups is 1. The second kappa shape index (κ2) is 6.75. The lowest BCUT2D eigenvalue weighted by atomic mass is 9.70. The molecule has 5 nitrogen and oxygen atoms in total. The molecule has 0 radical (unpaired) electrons. The van der Waals surface area contributed by atoms with Gasteiger partial charge in [0, 0.05) is 30.8 Å². The van der Waals surface area contributed by atoms with Crippen LogP contribution in [0.2, 0.25) is 0 Å². The van der Waals surface area contributed by atoms with Gasteiger partial charge in [-0.15, -0.1) is 0 Å². The highest BCUT2D eigenvalue weighted by molar-refractivity contribution is 7.94. The van der Waals surface area contributed by atoms with Gasteiger partial charge in [0.1, 0.15) is 5.78 Å². The van der Waals surface area contributed by atoms with Crippen LogP contribution in [0.3, 0.4) is 0 Å². The smallest absolute Gasteiger partial charge is 0.223 e. The second-order valence-electron chi connectivity index (χ2n) is 7.01. The van der Waals surface area contributed by atoms with Gasteiger partial charge in [-0.3, -0.25) is 9.59 Å². The molecule has 0 aliphatic carbocycles. The Morgan fingerprint density at radius 3 is 2.32 bits per heavy atom. The molecule has 25 heavy (non-hydrogen) atoms. The topological polar surface area (TPSA) is 71.5 Å². The fraction of sp³-hybridized carbons (Fsp3) is 0.474. The van der Waals surface area contributed by atoms with Gasteiger partial charge in [0.05, 0.1) is 11.2 Å². The number of likely N-dealkylation sites (tertiary alicyclic amines) is 1. The minimum absolute atomic E-state index is 0.0218. The number of piperidine rings is 1. The Morgan fingerprint density at radius 2 is 1.80 bits per heavy atom. The van der Waals surface area contributed by atoms with E-state index in [1.165, 1.54) is 5.41 Å². The van der Waals surface area contributed by atoms with Crippen molar-refractivity contribution >= 4 is 21.5 Å². The fourth-order valence-corrected chi connectivity index (χ4v) is 5.26. The molecular formula is C19H23NO4S. The molecule has 0 aromatic heterocycles. The highest BCUT2D eigenvalue weighted by Crippen LogP contribution is 2.36. The third-order valence-corrected chi connectivity index (χ3v) is 6.88. The molecule has 0 unspecified atom stereocenters. The summed E-state index contributed by atoms with van der Waals surface area (Å²) in [6.07, 6.45) is 3.04. The van der Waals surface area contributed by atoms with E-state index in [1.807, 2.05) is 30.3 Å². The van der Waals surface area contributed by atoms with Gasteiger partial charge >= 0.3 is 0 Å². The Labute approximate surface area is 148 Å². The maximum absolute atomic E-state index is 12.5. The Bertz CT molecular complexity index is 790. The van der Waals surface area contributed by atoms with Gasteiger partial charge in [-0.2, -0.15) is 0 Å². The number of benzene rings is 1. The molecule has 2 aliphatic rings. The summed E-state index contributed by atoms with van der Waals surface area (Å²) in [5, 5.41) is 1.21. The summed E-state index contributed by atoms with van der Waals surface area (Å²) >= 11 is 0. The largest absolute Gasteiger partial charge is 0.343 e. The van der Waals surface area contributed by atoms with Crippen LogP contribution in [-0.4, -0.2) is 43.9 Å². The van der Waals surface area contributed by atoms with Crippen molar-refractivity contribution in [3.63, 3.8) is 0 Å². The van der Waals surface area contributed by atoms with E-state index in [4.69, 9.17) is 0 Å². The third-order valence-electron chi connectivity index (χ3n) is 5.41. The molecule has 3 rings (SSSR count). The molecule has 6 heteroatoms. The van der Waals surface area contributed by atoms with Crippen LogP contribution in [0.4, 0.5) is 0 Å². The highest BCUT2D eigenvalue weighted by atomic mass is 32.2. The van der Waals surface area contributed by atoms with Crippen molar-refractivity contribution in [2.45, 2.75) is 31.6 Å². The number of carbonyl (C=O) groups excluding carboxylic acids is 2. The van der Waals surface area contributed by atoms with Crippen molar-refractivity contribution in [3.05, 3.63) is 47.4 Å². The molecule has 1 aromatic carbocycles. The lowest BCUT2D eigenvalue weighted by Gasteiger charge is -2.40. The average Bonchev–Trinajstić information content (AvgIpc) is 2.94. The van der Waals surface area contributed by atoms with E-state index >= 15 is 0 Å².